The maximum atomic E-state index is 5.25. The van der Waals surface area contributed by atoms with Crippen LogP contribution in [0.4, 0.5) is 5.95 Å². The van der Waals surface area contributed by atoms with Crippen LogP contribution in [0.1, 0.15) is 62.1 Å². The maximum Gasteiger partial charge on any atom is 0.266 e. The van der Waals surface area contributed by atoms with Crippen molar-refractivity contribution < 1.29 is 4.52 Å². The molecule has 0 radical (unpaired) electrons. The molecule has 3 aromatic heterocycles. The Morgan fingerprint density at radius 2 is 2.00 bits per heavy atom. The molecule has 0 bridgehead atoms. The first kappa shape index (κ1) is 16.5. The van der Waals surface area contributed by atoms with Crippen LogP contribution in [0.5, 0.6) is 0 Å². The molecule has 27 heavy (non-hydrogen) atoms. The van der Waals surface area contributed by atoms with Crippen LogP contribution in [-0.4, -0.2) is 47.8 Å². The molecule has 0 spiro atoms. The average Bonchev–Trinajstić information content (AvgIpc) is 3.12. The minimum absolute atomic E-state index is 0.429. The monoisotopic (exact) mass is 368 g/mol. The molecule has 0 amide bonds. The van der Waals surface area contributed by atoms with Gasteiger partial charge in [0, 0.05) is 43.9 Å². The molecule has 1 saturated heterocycles. The van der Waals surface area contributed by atoms with E-state index in [-0.39, 0.29) is 0 Å². The summed E-state index contributed by atoms with van der Waals surface area (Å²) in [4.78, 5) is 6.67. The second-order valence-electron chi connectivity index (χ2n) is 7.38. The normalized spacial score (nSPS) is 18.3. The third-order valence-electron chi connectivity index (χ3n) is 5.47. The van der Waals surface area contributed by atoms with Crippen molar-refractivity contribution in [1.82, 2.24) is 34.7 Å². The molecule has 9 heteroatoms. The highest BCUT2D eigenvalue weighted by Crippen LogP contribution is 2.40. The molecular weight excluding hydrogens is 344 g/mol. The van der Waals surface area contributed by atoms with Gasteiger partial charge in [-0.05, 0) is 36.9 Å². The smallest absolute Gasteiger partial charge is 0.266 e. The van der Waals surface area contributed by atoms with E-state index in [4.69, 9.17) is 4.52 Å². The van der Waals surface area contributed by atoms with Crippen molar-refractivity contribution >= 4 is 5.95 Å². The Labute approximate surface area is 157 Å². The standard InChI is InChI=1S/C18H24N8O/c1-2-16-20-18(23-27-16)24-10-6-13(7-11-24)17-22-21-15(26(17)14-4-5-14)12-25-9-3-8-19-25/h3,8-9,13-14H,2,4-7,10-12H2,1H3. The number of aromatic nitrogens is 7. The van der Waals surface area contributed by atoms with Crippen LogP contribution >= 0.6 is 0 Å². The molecule has 0 atom stereocenters. The fourth-order valence-corrected chi connectivity index (χ4v) is 3.85. The summed E-state index contributed by atoms with van der Waals surface area (Å²) in [7, 11) is 0. The lowest BCUT2D eigenvalue weighted by Gasteiger charge is -2.30. The van der Waals surface area contributed by atoms with Crippen LogP contribution < -0.4 is 4.90 Å². The molecule has 0 aromatic carbocycles. The molecule has 0 N–H and O–H groups in total. The fourth-order valence-electron chi connectivity index (χ4n) is 3.85. The molecule has 1 aliphatic carbocycles. The Kier molecular flexibility index (Phi) is 4.14. The lowest BCUT2D eigenvalue weighted by Crippen LogP contribution is -2.34. The van der Waals surface area contributed by atoms with Crippen LogP contribution in [0.3, 0.4) is 0 Å². The topological polar surface area (TPSA) is 90.7 Å². The summed E-state index contributed by atoms with van der Waals surface area (Å²) in [6.45, 7) is 4.53. The second-order valence-corrected chi connectivity index (χ2v) is 7.38. The van der Waals surface area contributed by atoms with Gasteiger partial charge in [-0.15, -0.1) is 10.2 Å². The zero-order chi connectivity index (χ0) is 18.2. The van der Waals surface area contributed by atoms with Gasteiger partial charge in [0.1, 0.15) is 12.4 Å². The van der Waals surface area contributed by atoms with Gasteiger partial charge in [-0.1, -0.05) is 6.92 Å². The van der Waals surface area contributed by atoms with Gasteiger partial charge in [-0.3, -0.25) is 4.68 Å². The molecular formula is C18H24N8O. The van der Waals surface area contributed by atoms with E-state index < -0.39 is 0 Å². The zero-order valence-corrected chi connectivity index (χ0v) is 15.5. The van der Waals surface area contributed by atoms with Gasteiger partial charge in [0.15, 0.2) is 5.82 Å². The lowest BCUT2D eigenvalue weighted by atomic mass is 9.96. The number of hydrogen-bond donors (Lipinski definition) is 0. The predicted octanol–water partition coefficient (Wildman–Crippen LogP) is 2.19. The molecule has 9 nitrogen and oxygen atoms in total. The number of anilines is 1. The van der Waals surface area contributed by atoms with Crippen LogP contribution in [0.15, 0.2) is 23.0 Å². The third-order valence-corrected chi connectivity index (χ3v) is 5.47. The minimum Gasteiger partial charge on any atom is -0.338 e. The van der Waals surface area contributed by atoms with E-state index in [1.165, 1.54) is 12.8 Å². The van der Waals surface area contributed by atoms with Crippen LogP contribution in [-0.2, 0) is 13.0 Å². The Balaban J connectivity index is 1.31. The highest BCUT2D eigenvalue weighted by molar-refractivity contribution is 5.29. The molecule has 2 fully saturated rings. The Hall–Kier alpha value is -2.71. The highest BCUT2D eigenvalue weighted by atomic mass is 16.5. The van der Waals surface area contributed by atoms with E-state index in [9.17, 15) is 0 Å². The minimum atomic E-state index is 0.429. The van der Waals surface area contributed by atoms with E-state index in [0.717, 1.165) is 44.0 Å². The molecule has 142 valence electrons. The number of nitrogens with zero attached hydrogens (tertiary/aromatic N) is 8. The summed E-state index contributed by atoms with van der Waals surface area (Å²) >= 11 is 0. The summed E-state index contributed by atoms with van der Waals surface area (Å²) in [6, 6.07) is 2.50. The predicted molar refractivity (Wildman–Crippen MR) is 97.5 cm³/mol. The molecule has 1 aliphatic heterocycles. The van der Waals surface area contributed by atoms with Crippen molar-refractivity contribution in [2.24, 2.45) is 0 Å². The number of rotatable bonds is 6. The van der Waals surface area contributed by atoms with Gasteiger partial charge in [-0.25, -0.2) is 0 Å². The van der Waals surface area contributed by atoms with Crippen molar-refractivity contribution in [2.45, 2.75) is 57.5 Å². The summed E-state index contributed by atoms with van der Waals surface area (Å²) in [6.07, 6.45) is 9.05. The molecule has 5 rings (SSSR count). The summed E-state index contributed by atoms with van der Waals surface area (Å²) < 4.78 is 9.55. The van der Waals surface area contributed by atoms with Gasteiger partial charge >= 0.3 is 0 Å². The van der Waals surface area contributed by atoms with Crippen LogP contribution in [0.2, 0.25) is 0 Å². The number of hydrogen-bond acceptors (Lipinski definition) is 7. The first-order chi connectivity index (χ1) is 13.3. The first-order valence-corrected chi connectivity index (χ1v) is 9.80. The van der Waals surface area contributed by atoms with Crippen molar-refractivity contribution in [3.8, 4) is 0 Å². The van der Waals surface area contributed by atoms with E-state index >= 15 is 0 Å². The summed E-state index contributed by atoms with van der Waals surface area (Å²) in [5, 5.41) is 17.5. The molecule has 2 aliphatic rings. The van der Waals surface area contributed by atoms with Crippen molar-refractivity contribution in [2.75, 3.05) is 18.0 Å². The van der Waals surface area contributed by atoms with E-state index in [0.29, 0.717) is 30.3 Å². The lowest BCUT2D eigenvalue weighted by molar-refractivity contribution is 0.378. The van der Waals surface area contributed by atoms with Gasteiger partial charge in [0.05, 0.1) is 0 Å². The quantitative estimate of drug-likeness (QED) is 0.658. The number of aryl methyl sites for hydroxylation is 1. The maximum absolute atomic E-state index is 5.25. The fraction of sp³-hybridized carbons (Fsp3) is 0.611. The first-order valence-electron chi connectivity index (χ1n) is 9.80. The average molecular weight is 368 g/mol. The Bertz CT molecular complexity index is 887. The molecule has 3 aromatic rings. The van der Waals surface area contributed by atoms with Gasteiger partial charge in [0.25, 0.3) is 5.95 Å². The molecule has 0 unspecified atom stereocenters. The largest absolute Gasteiger partial charge is 0.338 e. The Morgan fingerprint density at radius 3 is 2.67 bits per heavy atom. The van der Waals surface area contributed by atoms with Gasteiger partial charge < -0.3 is 14.0 Å². The van der Waals surface area contributed by atoms with Gasteiger partial charge in [-0.2, -0.15) is 10.1 Å². The second kappa shape index (κ2) is 6.79. The van der Waals surface area contributed by atoms with Crippen molar-refractivity contribution in [3.63, 3.8) is 0 Å². The molecule has 4 heterocycles. The van der Waals surface area contributed by atoms with Crippen LogP contribution in [0.25, 0.3) is 0 Å². The van der Waals surface area contributed by atoms with Crippen molar-refractivity contribution in [1.29, 1.82) is 0 Å². The van der Waals surface area contributed by atoms with E-state index in [1.807, 2.05) is 23.9 Å². The summed E-state index contributed by atoms with van der Waals surface area (Å²) in [5.74, 6) is 4.00. The Morgan fingerprint density at radius 1 is 1.15 bits per heavy atom. The number of piperidine rings is 1. The SMILES string of the molecule is CCc1nc(N2CCC(c3nnc(Cn4cccn4)n3C3CC3)CC2)no1. The van der Waals surface area contributed by atoms with E-state index in [2.05, 4.69) is 34.9 Å². The summed E-state index contributed by atoms with van der Waals surface area (Å²) in [5.41, 5.74) is 0. The van der Waals surface area contributed by atoms with E-state index in [1.54, 1.807) is 6.20 Å². The zero-order valence-electron chi connectivity index (χ0n) is 15.5. The van der Waals surface area contributed by atoms with Crippen molar-refractivity contribution in [3.05, 3.63) is 36.0 Å². The highest BCUT2D eigenvalue weighted by Gasteiger charge is 2.34. The van der Waals surface area contributed by atoms with Crippen LogP contribution in [0, 0.1) is 0 Å². The third kappa shape index (κ3) is 3.22. The molecule has 1 saturated carbocycles. The van der Waals surface area contributed by atoms with Gasteiger partial charge in [0.2, 0.25) is 5.89 Å².